The van der Waals surface area contributed by atoms with Crippen LogP contribution >= 0.6 is 27.9 Å². The summed E-state index contributed by atoms with van der Waals surface area (Å²) in [5.74, 6) is 1.96. The van der Waals surface area contributed by atoms with Crippen molar-refractivity contribution in [3.05, 3.63) is 28.7 Å². The molecule has 0 aliphatic heterocycles. The highest BCUT2D eigenvalue weighted by atomic mass is 79.9. The van der Waals surface area contributed by atoms with Crippen LogP contribution in [0.25, 0.3) is 0 Å². The van der Waals surface area contributed by atoms with Crippen LogP contribution in [-0.4, -0.2) is 30.8 Å². The third-order valence-electron chi connectivity index (χ3n) is 6.38. The summed E-state index contributed by atoms with van der Waals surface area (Å²) in [6, 6.07) is 8.48. The minimum atomic E-state index is -0.488. The van der Waals surface area contributed by atoms with E-state index in [-0.39, 0.29) is 11.3 Å². The summed E-state index contributed by atoms with van der Waals surface area (Å²) in [5.41, 5.74) is 4.82. The fourth-order valence-corrected chi connectivity index (χ4v) is 5.89. The average Bonchev–Trinajstić information content (AvgIpc) is 2.67. The van der Waals surface area contributed by atoms with Crippen LogP contribution in [0, 0.1) is 23.2 Å². The van der Waals surface area contributed by atoms with Crippen LogP contribution < -0.4 is 15.8 Å². The molecule has 1 aromatic rings. The van der Waals surface area contributed by atoms with Crippen LogP contribution in [0.15, 0.2) is 33.6 Å². The zero-order chi connectivity index (χ0) is 22.5. The van der Waals surface area contributed by atoms with Gasteiger partial charge >= 0.3 is 0 Å². The molecule has 4 N–H and O–H groups in total. The lowest BCUT2D eigenvalue weighted by molar-refractivity contribution is -0.132. The molecular weight excluding hydrogens is 462 g/mol. The molecule has 0 saturated heterocycles. The van der Waals surface area contributed by atoms with Gasteiger partial charge in [0, 0.05) is 20.8 Å². The second-order valence-electron chi connectivity index (χ2n) is 9.72. The highest BCUT2D eigenvalue weighted by Gasteiger charge is 2.47. The van der Waals surface area contributed by atoms with Gasteiger partial charge < -0.3 is 15.8 Å². The van der Waals surface area contributed by atoms with Gasteiger partial charge in [0.1, 0.15) is 6.29 Å². The van der Waals surface area contributed by atoms with Gasteiger partial charge in [0.05, 0.1) is 5.54 Å². The molecule has 5 nitrogen and oxygen atoms in total. The number of hydrogen-bond acceptors (Lipinski definition) is 5. The van der Waals surface area contributed by atoms with Crippen molar-refractivity contribution in [3.8, 4) is 0 Å². The van der Waals surface area contributed by atoms with E-state index >= 15 is 0 Å². The molecule has 30 heavy (non-hydrogen) atoms. The summed E-state index contributed by atoms with van der Waals surface area (Å²) in [6.45, 7) is 8.06. The van der Waals surface area contributed by atoms with Gasteiger partial charge in [0.25, 0.3) is 0 Å². The Balaban J connectivity index is 0.000000216. The Morgan fingerprint density at radius 3 is 2.43 bits per heavy atom. The number of amides is 1. The molecule has 1 amide bonds. The van der Waals surface area contributed by atoms with E-state index in [2.05, 4.69) is 39.8 Å². The van der Waals surface area contributed by atoms with Crippen LogP contribution in [-0.2, 0) is 9.59 Å². The predicted molar refractivity (Wildman–Crippen MR) is 128 cm³/mol. The van der Waals surface area contributed by atoms with Crippen molar-refractivity contribution in [1.29, 1.82) is 0 Å². The average molecular weight is 499 g/mol. The predicted octanol–water partition coefficient (Wildman–Crippen LogP) is 4.55. The Bertz CT molecular complexity index is 726. The number of rotatable bonds is 6. The molecule has 2 aliphatic rings. The lowest BCUT2D eigenvalue weighted by Gasteiger charge is -2.49. The van der Waals surface area contributed by atoms with Crippen molar-refractivity contribution in [2.24, 2.45) is 28.9 Å². The fourth-order valence-electron chi connectivity index (χ4n) is 4.92. The summed E-state index contributed by atoms with van der Waals surface area (Å²) in [5, 5.41) is 3.43. The molecule has 0 aromatic heterocycles. The largest absolute Gasteiger partial charge is 0.369 e. The van der Waals surface area contributed by atoms with Crippen molar-refractivity contribution in [1.82, 2.24) is 10.0 Å². The maximum absolute atomic E-state index is 11.6. The van der Waals surface area contributed by atoms with Gasteiger partial charge in [-0.1, -0.05) is 29.8 Å². The van der Waals surface area contributed by atoms with Crippen molar-refractivity contribution in [3.63, 3.8) is 0 Å². The maximum atomic E-state index is 11.6. The molecule has 5 atom stereocenters. The zero-order valence-electron chi connectivity index (χ0n) is 18.7. The van der Waals surface area contributed by atoms with Gasteiger partial charge in [-0.25, -0.2) is 4.72 Å². The molecule has 2 saturated carbocycles. The topological polar surface area (TPSA) is 84.2 Å². The van der Waals surface area contributed by atoms with Crippen molar-refractivity contribution in [2.75, 3.05) is 7.05 Å². The number of aldehydes is 1. The number of benzene rings is 1. The molecule has 2 aliphatic carbocycles. The molecule has 5 unspecified atom stereocenters. The summed E-state index contributed by atoms with van der Waals surface area (Å²) in [6.07, 6.45) is 5.39. The Morgan fingerprint density at radius 1 is 1.27 bits per heavy atom. The molecule has 2 bridgehead atoms. The Kier molecular flexibility index (Phi) is 8.98. The quantitative estimate of drug-likeness (QED) is 0.396. The van der Waals surface area contributed by atoms with Crippen molar-refractivity contribution >= 4 is 40.1 Å². The van der Waals surface area contributed by atoms with Crippen LogP contribution in [0.1, 0.15) is 53.4 Å². The summed E-state index contributed by atoms with van der Waals surface area (Å²) in [7, 11) is 2.04. The standard InChI is InChI=1S/C13H24N2O.C10H12BrNOS/c1-8-4-9-5-10(11(8)15-3)7-13(2,6-9)12(14)16;1-10(2,7-13)12-14-9-5-3-8(11)4-6-9/h8-11,15H,4-7H2,1-3H3,(H2,14,16);3-7,12H,1-2H3. The molecule has 0 radical (unpaired) electrons. The van der Waals surface area contributed by atoms with E-state index < -0.39 is 5.54 Å². The zero-order valence-corrected chi connectivity index (χ0v) is 21.1. The number of primary amides is 1. The van der Waals surface area contributed by atoms with E-state index in [0.717, 1.165) is 34.4 Å². The number of nitrogens with two attached hydrogens (primary N) is 1. The summed E-state index contributed by atoms with van der Waals surface area (Å²) >= 11 is 4.82. The van der Waals surface area contributed by atoms with Crippen LogP contribution in [0.4, 0.5) is 0 Å². The monoisotopic (exact) mass is 497 g/mol. The third-order valence-corrected chi connectivity index (χ3v) is 8.05. The normalized spacial score (nSPS) is 30.7. The van der Waals surface area contributed by atoms with Gasteiger partial charge in [0.2, 0.25) is 5.91 Å². The Labute approximate surface area is 194 Å². The summed E-state index contributed by atoms with van der Waals surface area (Å²) in [4.78, 5) is 23.3. The lowest BCUT2D eigenvalue weighted by Crippen LogP contribution is -2.52. The summed E-state index contributed by atoms with van der Waals surface area (Å²) < 4.78 is 4.13. The third kappa shape index (κ3) is 6.81. The first-order valence-corrected chi connectivity index (χ1v) is 12.2. The second-order valence-corrected chi connectivity index (χ2v) is 11.5. The molecule has 1 aromatic carbocycles. The number of halogens is 1. The molecule has 2 fully saturated rings. The van der Waals surface area contributed by atoms with E-state index in [0.29, 0.717) is 17.9 Å². The maximum Gasteiger partial charge on any atom is 0.223 e. The Morgan fingerprint density at radius 2 is 1.90 bits per heavy atom. The van der Waals surface area contributed by atoms with Crippen molar-refractivity contribution in [2.45, 2.75) is 69.9 Å². The molecule has 0 spiro atoms. The number of nitrogens with one attached hydrogen (secondary N) is 2. The van der Waals surface area contributed by atoms with Gasteiger partial charge in [-0.3, -0.25) is 4.79 Å². The van der Waals surface area contributed by atoms with Gasteiger partial charge in [-0.05, 0) is 101 Å². The molecule has 168 valence electrons. The molecule has 3 rings (SSSR count). The first-order chi connectivity index (χ1) is 14.0. The lowest BCUT2D eigenvalue weighted by atomic mass is 9.57. The Hall–Kier alpha value is -0.890. The highest BCUT2D eigenvalue weighted by Crippen LogP contribution is 2.50. The van der Waals surface area contributed by atoms with E-state index in [1.54, 1.807) is 0 Å². The number of carbonyl (C=O) groups is 2. The second kappa shape index (κ2) is 10.6. The van der Waals surface area contributed by atoms with Crippen LogP contribution in [0.3, 0.4) is 0 Å². The van der Waals surface area contributed by atoms with Gasteiger partial charge in [-0.15, -0.1) is 0 Å². The van der Waals surface area contributed by atoms with E-state index in [4.69, 9.17) is 5.73 Å². The molecule has 0 heterocycles. The number of carbonyl (C=O) groups excluding carboxylic acids is 2. The highest BCUT2D eigenvalue weighted by molar-refractivity contribution is 9.10. The first kappa shape index (κ1) is 25.4. The molecule has 7 heteroatoms. The first-order valence-electron chi connectivity index (χ1n) is 10.6. The molecular formula is C23H36BrN3O2S. The number of hydrogen-bond donors (Lipinski definition) is 3. The minimum absolute atomic E-state index is 0.105. The van der Waals surface area contributed by atoms with Crippen LogP contribution in [0.5, 0.6) is 0 Å². The van der Waals surface area contributed by atoms with E-state index in [9.17, 15) is 9.59 Å². The van der Waals surface area contributed by atoms with Gasteiger partial charge in [-0.2, -0.15) is 0 Å². The number of fused-ring (bicyclic) bond motifs is 2. The van der Waals surface area contributed by atoms with Crippen LogP contribution in [0.2, 0.25) is 0 Å². The fraction of sp³-hybridized carbons (Fsp3) is 0.652. The van der Waals surface area contributed by atoms with E-state index in [1.165, 1.54) is 24.8 Å². The van der Waals surface area contributed by atoms with Crippen molar-refractivity contribution < 1.29 is 9.59 Å². The smallest absolute Gasteiger partial charge is 0.223 e. The minimum Gasteiger partial charge on any atom is -0.369 e. The van der Waals surface area contributed by atoms with E-state index in [1.807, 2.05) is 45.2 Å². The van der Waals surface area contributed by atoms with Gasteiger partial charge in [0.15, 0.2) is 0 Å². The SMILES string of the molecule is CC(C)(C=O)NSc1ccc(Br)cc1.CNC1C(C)CC2CC1CC(C)(C(N)=O)C2.